The normalized spacial score (nSPS) is 10.5. The lowest BCUT2D eigenvalue weighted by Crippen LogP contribution is -1.98. The lowest BCUT2D eigenvalue weighted by molar-refractivity contribution is 0.572. The molecule has 0 aliphatic carbocycles. The molecule has 0 saturated carbocycles. The van der Waals surface area contributed by atoms with Gasteiger partial charge in [-0.1, -0.05) is 22.0 Å². The molecule has 0 fully saturated rings. The van der Waals surface area contributed by atoms with Crippen molar-refractivity contribution in [3.05, 3.63) is 70.1 Å². The molecule has 17 heavy (non-hydrogen) atoms. The molecule has 2 aromatic carbocycles. The van der Waals surface area contributed by atoms with Crippen LogP contribution >= 0.6 is 15.9 Å². The number of nitrogen functional groups attached to an aromatic ring is 1. The molecular weight excluding hydrogens is 288 g/mol. The van der Waals surface area contributed by atoms with Crippen molar-refractivity contribution in [3.8, 4) is 0 Å². The Hall–Kier alpha value is -1.42. The van der Waals surface area contributed by atoms with Gasteiger partial charge in [0.25, 0.3) is 0 Å². The number of halogens is 3. The van der Waals surface area contributed by atoms with Gasteiger partial charge in [-0.2, -0.15) is 0 Å². The average Bonchev–Trinajstić information content (AvgIpc) is 2.28. The van der Waals surface area contributed by atoms with E-state index in [2.05, 4.69) is 22.4 Å². The number of anilines is 1. The van der Waals surface area contributed by atoms with Crippen LogP contribution in [0, 0.1) is 18.1 Å². The molecule has 0 bridgehead atoms. The highest BCUT2D eigenvalue weighted by Crippen LogP contribution is 2.25. The van der Waals surface area contributed by atoms with Crippen LogP contribution < -0.4 is 5.73 Å². The van der Waals surface area contributed by atoms with Crippen LogP contribution in [0.15, 0.2) is 40.9 Å². The fourth-order valence-electron chi connectivity index (χ4n) is 1.39. The summed E-state index contributed by atoms with van der Waals surface area (Å²) >= 11 is 3.26. The van der Waals surface area contributed by atoms with Crippen LogP contribution in [-0.4, -0.2) is 0 Å². The first-order chi connectivity index (χ1) is 8.08. The first-order valence-corrected chi connectivity index (χ1v) is 5.63. The average molecular weight is 296 g/mol. The second-order valence-electron chi connectivity index (χ2n) is 3.45. The maximum Gasteiger partial charge on any atom is 0.130 e. The minimum absolute atomic E-state index is 0.211. The molecule has 1 nitrogen and oxygen atoms in total. The number of rotatable bonds is 2. The SMILES string of the molecule is Nc1ccc(Br)cc1[C]c1c(F)cccc1F. The molecule has 0 aliphatic heterocycles. The predicted molar refractivity (Wildman–Crippen MR) is 66.4 cm³/mol. The number of hydrogen-bond acceptors (Lipinski definition) is 1. The molecular formula is C13H8BrF2N. The van der Waals surface area contributed by atoms with Gasteiger partial charge in [0.2, 0.25) is 0 Å². The Balaban J connectivity index is 2.41. The Morgan fingerprint density at radius 2 is 1.71 bits per heavy atom. The summed E-state index contributed by atoms with van der Waals surface area (Å²) in [5.74, 6) is -1.33. The number of nitrogens with two attached hydrogens (primary N) is 1. The van der Waals surface area contributed by atoms with Crippen molar-refractivity contribution >= 4 is 21.6 Å². The number of benzene rings is 2. The van der Waals surface area contributed by atoms with Crippen LogP contribution in [0.2, 0.25) is 0 Å². The second-order valence-corrected chi connectivity index (χ2v) is 4.37. The minimum atomic E-state index is -0.663. The third-order valence-electron chi connectivity index (χ3n) is 2.24. The molecule has 0 unspecified atom stereocenters. The van der Waals surface area contributed by atoms with Gasteiger partial charge in [0.1, 0.15) is 11.6 Å². The van der Waals surface area contributed by atoms with Gasteiger partial charge in [-0.15, -0.1) is 0 Å². The molecule has 86 valence electrons. The quantitative estimate of drug-likeness (QED) is 0.838. The smallest absolute Gasteiger partial charge is 0.130 e. The van der Waals surface area contributed by atoms with Crippen molar-refractivity contribution in [2.75, 3.05) is 5.73 Å². The summed E-state index contributed by atoms with van der Waals surface area (Å²) in [6, 6.07) is 8.71. The molecule has 0 spiro atoms. The van der Waals surface area contributed by atoms with E-state index in [0.29, 0.717) is 11.3 Å². The number of hydrogen-bond donors (Lipinski definition) is 1. The Morgan fingerprint density at radius 3 is 2.35 bits per heavy atom. The molecule has 0 aromatic heterocycles. The van der Waals surface area contributed by atoms with Gasteiger partial charge in [0, 0.05) is 15.7 Å². The van der Waals surface area contributed by atoms with E-state index in [1.54, 1.807) is 18.2 Å². The highest BCUT2D eigenvalue weighted by Gasteiger charge is 2.12. The lowest BCUT2D eigenvalue weighted by Gasteiger charge is -2.07. The van der Waals surface area contributed by atoms with E-state index < -0.39 is 11.6 Å². The van der Waals surface area contributed by atoms with Gasteiger partial charge < -0.3 is 5.73 Å². The Kier molecular flexibility index (Phi) is 3.43. The Morgan fingerprint density at radius 1 is 1.06 bits per heavy atom. The van der Waals surface area contributed by atoms with Crippen molar-refractivity contribution < 1.29 is 8.78 Å². The third kappa shape index (κ3) is 2.64. The van der Waals surface area contributed by atoms with Crippen LogP contribution in [-0.2, 0) is 0 Å². The molecule has 2 rings (SSSR count). The van der Waals surface area contributed by atoms with Crippen molar-refractivity contribution in [3.63, 3.8) is 0 Å². The summed E-state index contributed by atoms with van der Waals surface area (Å²) in [6.45, 7) is 0. The highest BCUT2D eigenvalue weighted by molar-refractivity contribution is 9.10. The van der Waals surface area contributed by atoms with E-state index in [4.69, 9.17) is 5.73 Å². The standard InChI is InChI=1S/C13H8BrF2N/c14-9-4-5-13(17)8(6-9)7-10-11(15)2-1-3-12(10)16/h1-6H,17H2. The summed E-state index contributed by atoms with van der Waals surface area (Å²) < 4.78 is 27.6. The predicted octanol–water partition coefficient (Wildman–Crippen LogP) is 3.79. The van der Waals surface area contributed by atoms with Crippen molar-refractivity contribution in [1.29, 1.82) is 0 Å². The zero-order valence-corrected chi connectivity index (χ0v) is 10.3. The Bertz CT molecular complexity index is 535. The van der Waals surface area contributed by atoms with Gasteiger partial charge in [0.05, 0.1) is 6.42 Å². The molecule has 0 amide bonds. The summed E-state index contributed by atoms with van der Waals surface area (Å²) in [7, 11) is 0. The van der Waals surface area contributed by atoms with Gasteiger partial charge in [-0.3, -0.25) is 0 Å². The molecule has 0 saturated heterocycles. The molecule has 2 N–H and O–H groups in total. The first-order valence-electron chi connectivity index (χ1n) is 4.84. The zero-order chi connectivity index (χ0) is 12.4. The summed E-state index contributed by atoms with van der Waals surface area (Å²) in [4.78, 5) is 0. The van der Waals surface area contributed by atoms with Crippen molar-refractivity contribution in [2.24, 2.45) is 0 Å². The van der Waals surface area contributed by atoms with Crippen LogP contribution in [0.1, 0.15) is 11.1 Å². The van der Waals surface area contributed by atoms with E-state index in [0.717, 1.165) is 4.47 Å². The Labute approximate surface area is 106 Å². The van der Waals surface area contributed by atoms with E-state index in [1.165, 1.54) is 18.2 Å². The maximum atomic E-state index is 13.4. The molecule has 4 heteroatoms. The van der Waals surface area contributed by atoms with E-state index in [1.807, 2.05) is 0 Å². The van der Waals surface area contributed by atoms with Crippen LogP contribution in [0.3, 0.4) is 0 Å². The maximum absolute atomic E-state index is 13.4. The minimum Gasteiger partial charge on any atom is -0.398 e. The fraction of sp³-hybridized carbons (Fsp3) is 0. The van der Waals surface area contributed by atoms with E-state index in [9.17, 15) is 8.78 Å². The van der Waals surface area contributed by atoms with Crippen LogP contribution in [0.4, 0.5) is 14.5 Å². The summed E-state index contributed by atoms with van der Waals surface area (Å²) in [6.07, 6.45) is 2.64. The molecule has 2 aromatic rings. The van der Waals surface area contributed by atoms with Crippen LogP contribution in [0.5, 0.6) is 0 Å². The van der Waals surface area contributed by atoms with Gasteiger partial charge in [-0.25, -0.2) is 8.78 Å². The van der Waals surface area contributed by atoms with Gasteiger partial charge in [0.15, 0.2) is 0 Å². The molecule has 0 atom stereocenters. The van der Waals surface area contributed by atoms with Crippen LogP contribution in [0.25, 0.3) is 0 Å². The van der Waals surface area contributed by atoms with E-state index in [-0.39, 0.29) is 5.56 Å². The lowest BCUT2D eigenvalue weighted by atomic mass is 10.0. The van der Waals surface area contributed by atoms with Gasteiger partial charge in [-0.05, 0) is 35.9 Å². The topological polar surface area (TPSA) is 26.0 Å². The van der Waals surface area contributed by atoms with Gasteiger partial charge >= 0.3 is 0 Å². The van der Waals surface area contributed by atoms with E-state index >= 15 is 0 Å². The third-order valence-corrected chi connectivity index (χ3v) is 2.73. The summed E-state index contributed by atoms with van der Waals surface area (Å²) in [5.41, 5.74) is 6.36. The largest absolute Gasteiger partial charge is 0.398 e. The molecule has 2 radical (unpaired) electrons. The fourth-order valence-corrected chi connectivity index (χ4v) is 1.75. The zero-order valence-electron chi connectivity index (χ0n) is 8.68. The van der Waals surface area contributed by atoms with Crippen molar-refractivity contribution in [1.82, 2.24) is 0 Å². The monoisotopic (exact) mass is 295 g/mol. The van der Waals surface area contributed by atoms with Crippen molar-refractivity contribution in [2.45, 2.75) is 0 Å². The highest BCUT2D eigenvalue weighted by atomic mass is 79.9. The second kappa shape index (κ2) is 4.84. The molecule has 0 aliphatic rings. The summed E-state index contributed by atoms with van der Waals surface area (Å²) in [5, 5.41) is 0. The molecule has 0 heterocycles. The first kappa shape index (κ1) is 12.0.